The van der Waals surface area contributed by atoms with E-state index in [4.69, 9.17) is 0 Å². The van der Waals surface area contributed by atoms with Gasteiger partial charge in [-0.3, -0.25) is 4.79 Å². The van der Waals surface area contributed by atoms with Crippen molar-refractivity contribution in [3.8, 4) is 0 Å². The molecule has 1 aromatic rings. The van der Waals surface area contributed by atoms with Crippen LogP contribution in [-0.4, -0.2) is 30.8 Å². The van der Waals surface area contributed by atoms with Gasteiger partial charge in [0, 0.05) is 18.7 Å². The molecule has 0 saturated heterocycles. The highest BCUT2D eigenvalue weighted by Gasteiger charge is 2.10. The highest BCUT2D eigenvalue weighted by molar-refractivity contribution is 5.69. The number of hydrogen-bond donors (Lipinski definition) is 2. The van der Waals surface area contributed by atoms with Crippen LogP contribution in [0.3, 0.4) is 0 Å². The second kappa shape index (κ2) is 7.79. The summed E-state index contributed by atoms with van der Waals surface area (Å²) in [6, 6.07) is 8.05. The molecule has 19 heavy (non-hydrogen) atoms. The van der Waals surface area contributed by atoms with Crippen molar-refractivity contribution in [2.45, 2.75) is 38.7 Å². The lowest BCUT2D eigenvalue weighted by atomic mass is 10.0. The highest BCUT2D eigenvalue weighted by atomic mass is 16.5. The first-order valence-electron chi connectivity index (χ1n) is 6.62. The van der Waals surface area contributed by atoms with E-state index < -0.39 is 6.10 Å². The minimum Gasteiger partial charge on any atom is -0.469 e. The highest BCUT2D eigenvalue weighted by Crippen LogP contribution is 2.23. The first-order chi connectivity index (χ1) is 9.04. The Morgan fingerprint density at radius 1 is 1.37 bits per heavy atom. The van der Waals surface area contributed by atoms with Crippen LogP contribution in [0.4, 0.5) is 5.69 Å². The average Bonchev–Trinajstić information content (AvgIpc) is 2.42. The number of benzene rings is 1. The van der Waals surface area contributed by atoms with E-state index in [0.29, 0.717) is 18.9 Å². The molecule has 0 aromatic heterocycles. The van der Waals surface area contributed by atoms with Crippen molar-refractivity contribution in [3.05, 3.63) is 29.8 Å². The Morgan fingerprint density at radius 2 is 2.05 bits per heavy atom. The summed E-state index contributed by atoms with van der Waals surface area (Å²) in [4.78, 5) is 11.0. The lowest BCUT2D eigenvalue weighted by molar-refractivity contribution is -0.141. The second-order valence-corrected chi connectivity index (χ2v) is 4.89. The molecular weight excluding hydrogens is 242 g/mol. The number of ether oxygens (including phenoxy) is 1. The van der Waals surface area contributed by atoms with Crippen molar-refractivity contribution in [2.75, 3.05) is 19.0 Å². The maximum Gasteiger partial charge on any atom is 0.305 e. The van der Waals surface area contributed by atoms with Crippen molar-refractivity contribution in [1.82, 2.24) is 0 Å². The summed E-state index contributed by atoms with van der Waals surface area (Å²) < 4.78 is 4.54. The standard InChI is InChI=1S/C15H23NO3/c1-11(2)13-6-4-5-7-14(13)16-10-12(17)8-9-15(18)19-3/h4-7,11-12,16-17H,8-10H2,1-3H3. The molecule has 0 amide bonds. The van der Waals surface area contributed by atoms with Crippen LogP contribution in [0.2, 0.25) is 0 Å². The summed E-state index contributed by atoms with van der Waals surface area (Å²) >= 11 is 0. The molecular formula is C15H23NO3. The summed E-state index contributed by atoms with van der Waals surface area (Å²) in [5, 5.41) is 13.0. The van der Waals surface area contributed by atoms with E-state index in [1.54, 1.807) is 0 Å². The van der Waals surface area contributed by atoms with Gasteiger partial charge >= 0.3 is 5.97 Å². The van der Waals surface area contributed by atoms with Gasteiger partial charge in [-0.1, -0.05) is 32.0 Å². The minimum atomic E-state index is -0.556. The molecule has 4 nitrogen and oxygen atoms in total. The molecule has 0 radical (unpaired) electrons. The van der Waals surface area contributed by atoms with Crippen molar-refractivity contribution in [3.63, 3.8) is 0 Å². The van der Waals surface area contributed by atoms with Crippen LogP contribution in [0.15, 0.2) is 24.3 Å². The predicted molar refractivity (Wildman–Crippen MR) is 76.3 cm³/mol. The lowest BCUT2D eigenvalue weighted by Crippen LogP contribution is -2.21. The Morgan fingerprint density at radius 3 is 2.68 bits per heavy atom. The molecule has 0 aliphatic rings. The third-order valence-electron chi connectivity index (χ3n) is 3.02. The number of rotatable bonds is 7. The van der Waals surface area contributed by atoms with E-state index in [0.717, 1.165) is 5.69 Å². The van der Waals surface area contributed by atoms with Crippen LogP contribution in [-0.2, 0) is 9.53 Å². The van der Waals surface area contributed by atoms with E-state index in [2.05, 4.69) is 30.0 Å². The first kappa shape index (κ1) is 15.5. The van der Waals surface area contributed by atoms with E-state index in [9.17, 15) is 9.90 Å². The molecule has 106 valence electrons. The maximum atomic E-state index is 11.0. The second-order valence-electron chi connectivity index (χ2n) is 4.89. The summed E-state index contributed by atoms with van der Waals surface area (Å²) in [6.45, 7) is 4.70. The van der Waals surface area contributed by atoms with E-state index in [-0.39, 0.29) is 12.4 Å². The first-order valence-corrected chi connectivity index (χ1v) is 6.62. The number of carbonyl (C=O) groups excluding carboxylic acids is 1. The van der Waals surface area contributed by atoms with Crippen LogP contribution < -0.4 is 5.32 Å². The van der Waals surface area contributed by atoms with Gasteiger partial charge in [0.1, 0.15) is 0 Å². The number of nitrogens with one attached hydrogen (secondary N) is 1. The largest absolute Gasteiger partial charge is 0.469 e. The molecule has 0 aliphatic carbocycles. The monoisotopic (exact) mass is 265 g/mol. The maximum absolute atomic E-state index is 11.0. The topological polar surface area (TPSA) is 58.6 Å². The fourth-order valence-electron chi connectivity index (χ4n) is 1.88. The Balaban J connectivity index is 2.46. The zero-order chi connectivity index (χ0) is 14.3. The quantitative estimate of drug-likeness (QED) is 0.744. The van der Waals surface area contributed by atoms with Gasteiger partial charge in [-0.2, -0.15) is 0 Å². The average molecular weight is 265 g/mol. The number of carbonyl (C=O) groups is 1. The molecule has 1 aromatic carbocycles. The van der Waals surface area contributed by atoms with Gasteiger partial charge in [-0.25, -0.2) is 0 Å². The molecule has 1 rings (SSSR count). The molecule has 1 atom stereocenters. The molecule has 0 bridgehead atoms. The third kappa shape index (κ3) is 5.30. The van der Waals surface area contributed by atoms with Crippen molar-refractivity contribution < 1.29 is 14.6 Å². The number of esters is 1. The van der Waals surface area contributed by atoms with Gasteiger partial charge < -0.3 is 15.2 Å². The van der Waals surface area contributed by atoms with Crippen LogP contribution >= 0.6 is 0 Å². The molecule has 4 heteroatoms. The number of anilines is 1. The summed E-state index contributed by atoms with van der Waals surface area (Å²) in [5.74, 6) is 0.137. The molecule has 0 heterocycles. The van der Waals surface area contributed by atoms with Crippen LogP contribution in [0, 0.1) is 0 Å². The Hall–Kier alpha value is -1.55. The molecule has 1 unspecified atom stereocenters. The molecule has 0 aliphatic heterocycles. The molecule has 0 fully saturated rings. The number of methoxy groups -OCH3 is 1. The minimum absolute atomic E-state index is 0.241. The van der Waals surface area contributed by atoms with Gasteiger partial charge in [-0.15, -0.1) is 0 Å². The Kier molecular flexibility index (Phi) is 6.36. The smallest absolute Gasteiger partial charge is 0.305 e. The number of aliphatic hydroxyl groups is 1. The number of aliphatic hydroxyl groups excluding tert-OH is 1. The number of para-hydroxylation sites is 1. The zero-order valence-corrected chi connectivity index (χ0v) is 11.8. The van der Waals surface area contributed by atoms with Crippen molar-refractivity contribution in [2.24, 2.45) is 0 Å². The fourth-order valence-corrected chi connectivity index (χ4v) is 1.88. The van der Waals surface area contributed by atoms with E-state index in [1.807, 2.05) is 18.2 Å². The van der Waals surface area contributed by atoms with Gasteiger partial charge in [0.15, 0.2) is 0 Å². The SMILES string of the molecule is COC(=O)CCC(O)CNc1ccccc1C(C)C. The lowest BCUT2D eigenvalue weighted by Gasteiger charge is -2.17. The summed E-state index contributed by atoms with van der Waals surface area (Å²) in [5.41, 5.74) is 2.26. The third-order valence-corrected chi connectivity index (χ3v) is 3.02. The summed E-state index contributed by atoms with van der Waals surface area (Å²) in [7, 11) is 1.35. The van der Waals surface area contributed by atoms with Gasteiger partial charge in [0.2, 0.25) is 0 Å². The number of hydrogen-bond acceptors (Lipinski definition) is 4. The van der Waals surface area contributed by atoms with E-state index in [1.165, 1.54) is 12.7 Å². The van der Waals surface area contributed by atoms with Gasteiger partial charge in [0.05, 0.1) is 13.2 Å². The predicted octanol–water partition coefficient (Wildman–Crippen LogP) is 2.54. The zero-order valence-electron chi connectivity index (χ0n) is 11.8. The Bertz CT molecular complexity index is 404. The summed E-state index contributed by atoms with van der Waals surface area (Å²) in [6.07, 6.45) is 0.0913. The van der Waals surface area contributed by atoms with Crippen LogP contribution in [0.5, 0.6) is 0 Å². The van der Waals surface area contributed by atoms with Gasteiger partial charge in [0.25, 0.3) is 0 Å². The van der Waals surface area contributed by atoms with Crippen molar-refractivity contribution in [1.29, 1.82) is 0 Å². The Labute approximate surface area is 114 Å². The molecule has 0 spiro atoms. The molecule has 2 N–H and O–H groups in total. The van der Waals surface area contributed by atoms with Crippen molar-refractivity contribution >= 4 is 11.7 Å². The molecule has 0 saturated carbocycles. The van der Waals surface area contributed by atoms with Crippen LogP contribution in [0.1, 0.15) is 38.2 Å². The fraction of sp³-hybridized carbons (Fsp3) is 0.533. The van der Waals surface area contributed by atoms with Gasteiger partial charge in [-0.05, 0) is 24.0 Å². The van der Waals surface area contributed by atoms with Crippen LogP contribution in [0.25, 0.3) is 0 Å². The normalized spacial score (nSPS) is 12.3. The van der Waals surface area contributed by atoms with E-state index >= 15 is 0 Å².